The van der Waals surface area contributed by atoms with Crippen molar-refractivity contribution in [3.05, 3.63) is 45.1 Å². The standard InChI is InChI=1S/C28H39Cl2N5O2/c1-16-17(2)32-27(33-25(16)31-18(3)23-8-7-21(29)10-24(23)30)35-14-20(15-35)19-6-5-9-34(13-19)22-11-28(4,12-22)26(36)37/h7-8,10,18-20,22,26,36-37H,5-6,9,11-15H2,1-4H3,(H,31,32,33)/t18-,19+,22?,28?/m1/s1. The first-order chi connectivity index (χ1) is 17.5. The molecule has 3 heterocycles. The highest BCUT2D eigenvalue weighted by Crippen LogP contribution is 2.47. The molecule has 0 unspecified atom stereocenters. The number of hydrogen-bond acceptors (Lipinski definition) is 7. The molecule has 0 amide bonds. The quantitative estimate of drug-likeness (QED) is 0.410. The van der Waals surface area contributed by atoms with Crippen LogP contribution in [-0.2, 0) is 0 Å². The number of hydrogen-bond donors (Lipinski definition) is 3. The van der Waals surface area contributed by atoms with Crippen molar-refractivity contribution in [1.82, 2.24) is 14.9 Å². The van der Waals surface area contributed by atoms with E-state index in [0.29, 0.717) is 27.9 Å². The maximum atomic E-state index is 9.66. The number of aliphatic hydroxyl groups is 2. The lowest BCUT2D eigenvalue weighted by Crippen LogP contribution is -2.59. The van der Waals surface area contributed by atoms with Gasteiger partial charge in [-0.3, -0.25) is 0 Å². The number of benzene rings is 1. The van der Waals surface area contributed by atoms with Crippen molar-refractivity contribution in [2.45, 2.75) is 71.8 Å². The lowest BCUT2D eigenvalue weighted by atomic mass is 9.65. The smallest absolute Gasteiger partial charge is 0.227 e. The van der Waals surface area contributed by atoms with Gasteiger partial charge in [-0.2, -0.15) is 4.98 Å². The molecule has 3 aliphatic rings. The molecule has 1 aromatic carbocycles. The number of nitrogens with one attached hydrogen (secondary N) is 1. The van der Waals surface area contributed by atoms with E-state index in [-0.39, 0.29) is 11.5 Å². The van der Waals surface area contributed by atoms with E-state index in [1.54, 1.807) is 6.07 Å². The van der Waals surface area contributed by atoms with Crippen LogP contribution in [0.3, 0.4) is 0 Å². The highest BCUT2D eigenvalue weighted by atomic mass is 35.5. The maximum Gasteiger partial charge on any atom is 0.227 e. The average Bonchev–Trinajstić information content (AvgIpc) is 2.79. The van der Waals surface area contributed by atoms with Crippen LogP contribution in [0.2, 0.25) is 10.0 Å². The van der Waals surface area contributed by atoms with Crippen molar-refractivity contribution < 1.29 is 10.2 Å². The first kappa shape index (κ1) is 26.9. The minimum Gasteiger partial charge on any atom is -0.368 e. The van der Waals surface area contributed by atoms with Crippen molar-refractivity contribution >= 4 is 35.0 Å². The van der Waals surface area contributed by atoms with Gasteiger partial charge in [0, 0.05) is 52.4 Å². The third kappa shape index (κ3) is 5.44. The Kier molecular flexibility index (Phi) is 7.64. The molecular weight excluding hydrogens is 509 g/mol. The van der Waals surface area contributed by atoms with E-state index in [0.717, 1.165) is 67.6 Å². The van der Waals surface area contributed by atoms with Gasteiger partial charge in [0.15, 0.2) is 6.29 Å². The topological polar surface area (TPSA) is 84.8 Å². The summed E-state index contributed by atoms with van der Waals surface area (Å²) in [4.78, 5) is 14.6. The Balaban J connectivity index is 1.20. The molecule has 2 atom stereocenters. The lowest BCUT2D eigenvalue weighted by molar-refractivity contribution is -0.183. The summed E-state index contributed by atoms with van der Waals surface area (Å²) >= 11 is 12.5. The van der Waals surface area contributed by atoms with E-state index >= 15 is 0 Å². The minimum atomic E-state index is -1.21. The summed E-state index contributed by atoms with van der Waals surface area (Å²) in [6.07, 6.45) is 3.02. The summed E-state index contributed by atoms with van der Waals surface area (Å²) in [6, 6.07) is 6.04. The van der Waals surface area contributed by atoms with Gasteiger partial charge in [0.25, 0.3) is 0 Å². The predicted octanol–water partition coefficient (Wildman–Crippen LogP) is 5.20. The molecule has 202 valence electrons. The zero-order chi connectivity index (χ0) is 26.5. The summed E-state index contributed by atoms with van der Waals surface area (Å²) in [7, 11) is 0. The van der Waals surface area contributed by atoms with Crippen LogP contribution in [0.15, 0.2) is 18.2 Å². The van der Waals surface area contributed by atoms with Crippen molar-refractivity contribution in [1.29, 1.82) is 0 Å². The predicted molar refractivity (Wildman–Crippen MR) is 149 cm³/mol. The molecular formula is C28H39Cl2N5O2. The zero-order valence-corrected chi connectivity index (χ0v) is 23.7. The molecule has 2 aromatic rings. The van der Waals surface area contributed by atoms with Crippen LogP contribution in [0.25, 0.3) is 0 Å². The number of aryl methyl sites for hydroxylation is 1. The van der Waals surface area contributed by atoms with Gasteiger partial charge in [-0.15, -0.1) is 0 Å². The molecule has 2 aliphatic heterocycles. The molecule has 5 rings (SSSR count). The SMILES string of the molecule is Cc1nc(N2CC([C@H]3CCCN(C4CC(C)(C(O)O)C4)C3)C2)nc(N[C@H](C)c2ccc(Cl)cc2Cl)c1C. The monoisotopic (exact) mass is 547 g/mol. The molecule has 1 saturated carbocycles. The third-order valence-electron chi connectivity index (χ3n) is 9.05. The fourth-order valence-electron chi connectivity index (χ4n) is 6.25. The van der Waals surface area contributed by atoms with Crippen molar-refractivity contribution in [2.75, 3.05) is 36.4 Å². The number of likely N-dealkylation sites (tertiary alicyclic amines) is 1. The number of piperidine rings is 1. The number of aliphatic hydroxyl groups excluding tert-OH is 1. The molecule has 2 saturated heterocycles. The van der Waals surface area contributed by atoms with E-state index in [1.165, 1.54) is 12.8 Å². The molecule has 3 N–H and O–H groups in total. The van der Waals surface area contributed by atoms with Gasteiger partial charge in [0.1, 0.15) is 5.82 Å². The number of nitrogens with zero attached hydrogens (tertiary/aromatic N) is 4. The van der Waals surface area contributed by atoms with Gasteiger partial charge >= 0.3 is 0 Å². The Bertz CT molecular complexity index is 1130. The van der Waals surface area contributed by atoms with E-state index in [1.807, 2.05) is 32.9 Å². The molecule has 0 bridgehead atoms. The fourth-order valence-corrected chi connectivity index (χ4v) is 6.82. The molecule has 0 spiro atoms. The first-order valence-electron chi connectivity index (χ1n) is 13.5. The van der Waals surface area contributed by atoms with Crippen LogP contribution in [-0.4, -0.2) is 63.6 Å². The molecule has 0 radical (unpaired) electrons. The summed E-state index contributed by atoms with van der Waals surface area (Å²) in [5.74, 6) is 2.95. The Hall–Kier alpha value is -1.64. The molecule has 1 aromatic heterocycles. The average molecular weight is 549 g/mol. The Morgan fingerprint density at radius 1 is 1.08 bits per heavy atom. The van der Waals surface area contributed by atoms with Crippen molar-refractivity contribution in [3.63, 3.8) is 0 Å². The highest BCUT2D eigenvalue weighted by Gasteiger charge is 2.48. The van der Waals surface area contributed by atoms with E-state index in [4.69, 9.17) is 33.2 Å². The second-order valence-electron chi connectivity index (χ2n) is 11.8. The summed E-state index contributed by atoms with van der Waals surface area (Å²) < 4.78 is 0. The molecule has 9 heteroatoms. The Morgan fingerprint density at radius 2 is 1.81 bits per heavy atom. The van der Waals surface area contributed by atoms with Gasteiger partial charge in [0.05, 0.1) is 6.04 Å². The van der Waals surface area contributed by atoms with E-state index < -0.39 is 6.29 Å². The van der Waals surface area contributed by atoms with Crippen LogP contribution in [0.5, 0.6) is 0 Å². The molecule has 3 fully saturated rings. The van der Waals surface area contributed by atoms with Crippen LogP contribution < -0.4 is 10.2 Å². The van der Waals surface area contributed by atoms with Crippen LogP contribution in [0.4, 0.5) is 11.8 Å². The molecule has 1 aliphatic carbocycles. The zero-order valence-electron chi connectivity index (χ0n) is 22.2. The van der Waals surface area contributed by atoms with Crippen molar-refractivity contribution in [2.24, 2.45) is 17.3 Å². The second-order valence-corrected chi connectivity index (χ2v) is 12.6. The molecule has 7 nitrogen and oxygen atoms in total. The highest BCUT2D eigenvalue weighted by molar-refractivity contribution is 6.35. The number of halogens is 2. The van der Waals surface area contributed by atoms with Gasteiger partial charge in [-0.25, -0.2) is 4.98 Å². The van der Waals surface area contributed by atoms with Gasteiger partial charge in [0.2, 0.25) is 5.95 Å². The summed E-state index contributed by atoms with van der Waals surface area (Å²) in [5.41, 5.74) is 2.66. The van der Waals surface area contributed by atoms with E-state index in [9.17, 15) is 10.2 Å². The minimum absolute atomic E-state index is 0.0247. The number of anilines is 2. The van der Waals surface area contributed by atoms with Gasteiger partial charge in [-0.1, -0.05) is 36.2 Å². The fraction of sp³-hybridized carbons (Fsp3) is 0.643. The van der Waals surface area contributed by atoms with Crippen molar-refractivity contribution in [3.8, 4) is 0 Å². The van der Waals surface area contributed by atoms with Crippen LogP contribution in [0.1, 0.15) is 62.4 Å². The largest absolute Gasteiger partial charge is 0.368 e. The molecule has 37 heavy (non-hydrogen) atoms. The normalized spacial score (nSPS) is 27.6. The number of aromatic nitrogens is 2. The Labute approximate surface area is 230 Å². The summed E-state index contributed by atoms with van der Waals surface area (Å²) in [6.45, 7) is 12.4. The van der Waals surface area contributed by atoms with Crippen LogP contribution >= 0.6 is 23.2 Å². The first-order valence-corrected chi connectivity index (χ1v) is 14.2. The van der Waals surface area contributed by atoms with Crippen LogP contribution in [0, 0.1) is 31.1 Å². The second kappa shape index (κ2) is 10.5. The van der Waals surface area contributed by atoms with Gasteiger partial charge in [-0.05, 0) is 82.5 Å². The maximum absolute atomic E-state index is 9.66. The van der Waals surface area contributed by atoms with E-state index in [2.05, 4.69) is 22.0 Å². The Morgan fingerprint density at radius 3 is 2.49 bits per heavy atom. The van der Waals surface area contributed by atoms with Gasteiger partial charge < -0.3 is 25.3 Å². The summed E-state index contributed by atoms with van der Waals surface area (Å²) in [5, 5.41) is 24.1. The number of rotatable bonds is 7. The lowest BCUT2D eigenvalue weighted by Gasteiger charge is -2.54. The third-order valence-corrected chi connectivity index (χ3v) is 9.61.